The molecule has 0 bridgehead atoms. The van der Waals surface area contributed by atoms with E-state index in [0.29, 0.717) is 12.3 Å². The summed E-state index contributed by atoms with van der Waals surface area (Å²) < 4.78 is 0. The van der Waals surface area contributed by atoms with Gasteiger partial charge in [0.15, 0.2) is 0 Å². The first kappa shape index (κ1) is 16.6. The monoisotopic (exact) mass is 313 g/mol. The Morgan fingerprint density at radius 3 is 2.32 bits per heavy atom. The van der Waals surface area contributed by atoms with Crippen LogP contribution < -0.4 is 0 Å². The lowest BCUT2D eigenvalue weighted by atomic mass is 10.2. The van der Waals surface area contributed by atoms with Gasteiger partial charge in [-0.3, -0.25) is 4.79 Å². The van der Waals surface area contributed by atoms with E-state index in [4.69, 9.17) is 0 Å². The second-order valence-corrected chi connectivity index (χ2v) is 6.67. The van der Waals surface area contributed by atoms with Crippen LogP contribution >= 0.6 is 11.8 Å². The maximum absolute atomic E-state index is 12.6. The van der Waals surface area contributed by atoms with Crippen molar-refractivity contribution in [3.05, 3.63) is 65.7 Å². The number of amides is 1. The summed E-state index contributed by atoms with van der Waals surface area (Å²) in [6, 6.07) is 18.6. The van der Waals surface area contributed by atoms with Gasteiger partial charge in [0.05, 0.1) is 5.75 Å². The number of aryl methyl sites for hydroxylation is 1. The molecule has 2 aromatic carbocycles. The van der Waals surface area contributed by atoms with Crippen molar-refractivity contribution in [1.29, 1.82) is 0 Å². The van der Waals surface area contributed by atoms with Crippen LogP contribution in [0.2, 0.25) is 0 Å². The average Bonchev–Trinajstić information content (AvgIpc) is 2.52. The summed E-state index contributed by atoms with van der Waals surface area (Å²) in [4.78, 5) is 15.7. The van der Waals surface area contributed by atoms with E-state index in [-0.39, 0.29) is 11.9 Å². The number of carbonyl (C=O) groups excluding carboxylic acids is 1. The number of rotatable bonds is 6. The molecule has 0 saturated heterocycles. The Labute approximate surface area is 137 Å². The lowest BCUT2D eigenvalue weighted by Gasteiger charge is -2.27. The Morgan fingerprint density at radius 1 is 1.05 bits per heavy atom. The van der Waals surface area contributed by atoms with Crippen LogP contribution in [0.1, 0.15) is 25.0 Å². The summed E-state index contributed by atoms with van der Waals surface area (Å²) >= 11 is 1.62. The van der Waals surface area contributed by atoms with Crippen molar-refractivity contribution in [2.24, 2.45) is 0 Å². The molecule has 0 aliphatic rings. The number of benzene rings is 2. The minimum atomic E-state index is 0.187. The Balaban J connectivity index is 2.00. The highest BCUT2D eigenvalue weighted by molar-refractivity contribution is 8.00. The molecule has 0 atom stereocenters. The minimum absolute atomic E-state index is 0.187. The maximum Gasteiger partial charge on any atom is 0.233 e. The highest BCUT2D eigenvalue weighted by Gasteiger charge is 2.17. The SMILES string of the molecule is Cc1ccccc1SCC(=O)N(Cc1ccccc1)C(C)C. The van der Waals surface area contributed by atoms with E-state index in [0.717, 1.165) is 0 Å². The number of nitrogens with zero attached hydrogens (tertiary/aromatic N) is 1. The molecule has 0 heterocycles. The Hall–Kier alpha value is -1.74. The molecule has 3 heteroatoms. The molecular formula is C19H23NOS. The molecule has 0 unspecified atom stereocenters. The van der Waals surface area contributed by atoms with Crippen LogP contribution in [0.3, 0.4) is 0 Å². The smallest absolute Gasteiger partial charge is 0.233 e. The molecule has 0 N–H and O–H groups in total. The zero-order valence-corrected chi connectivity index (χ0v) is 14.3. The van der Waals surface area contributed by atoms with E-state index in [1.165, 1.54) is 16.0 Å². The van der Waals surface area contributed by atoms with Crippen molar-refractivity contribution in [3.63, 3.8) is 0 Å². The molecule has 0 spiro atoms. The van der Waals surface area contributed by atoms with Gasteiger partial charge in [0, 0.05) is 17.5 Å². The first-order valence-corrected chi connectivity index (χ1v) is 8.58. The van der Waals surface area contributed by atoms with Gasteiger partial charge in [-0.25, -0.2) is 0 Å². The molecule has 2 nitrogen and oxygen atoms in total. The van der Waals surface area contributed by atoms with Crippen molar-refractivity contribution in [3.8, 4) is 0 Å². The number of thioether (sulfide) groups is 1. The van der Waals surface area contributed by atoms with Gasteiger partial charge in [0.1, 0.15) is 0 Å². The molecule has 0 aromatic heterocycles. The Kier molecular flexibility index (Phi) is 6.08. The summed E-state index contributed by atoms with van der Waals surface area (Å²) in [6.45, 7) is 6.89. The molecule has 0 aliphatic heterocycles. The van der Waals surface area contributed by atoms with Crippen molar-refractivity contribution < 1.29 is 4.79 Å². The quantitative estimate of drug-likeness (QED) is 0.731. The third-order valence-electron chi connectivity index (χ3n) is 3.58. The third-order valence-corrected chi connectivity index (χ3v) is 4.74. The molecule has 2 aromatic rings. The molecular weight excluding hydrogens is 290 g/mol. The Morgan fingerprint density at radius 2 is 1.68 bits per heavy atom. The minimum Gasteiger partial charge on any atom is -0.335 e. The third kappa shape index (κ3) is 4.63. The lowest BCUT2D eigenvalue weighted by Crippen LogP contribution is -2.37. The molecule has 2 rings (SSSR count). The van der Waals surface area contributed by atoms with Crippen molar-refractivity contribution in [1.82, 2.24) is 4.90 Å². The predicted octanol–water partition coefficient (Wildman–Crippen LogP) is 4.52. The van der Waals surface area contributed by atoms with E-state index in [2.05, 4.69) is 45.0 Å². The zero-order valence-electron chi connectivity index (χ0n) is 13.5. The fourth-order valence-electron chi connectivity index (χ4n) is 2.28. The van der Waals surface area contributed by atoms with Crippen LogP contribution in [-0.4, -0.2) is 22.6 Å². The first-order chi connectivity index (χ1) is 10.6. The van der Waals surface area contributed by atoms with Crippen LogP contribution in [0.25, 0.3) is 0 Å². The van der Waals surface area contributed by atoms with E-state index < -0.39 is 0 Å². The summed E-state index contributed by atoms with van der Waals surface area (Å²) in [6.07, 6.45) is 0. The van der Waals surface area contributed by atoms with Crippen molar-refractivity contribution in [2.45, 2.75) is 38.3 Å². The van der Waals surface area contributed by atoms with Crippen LogP contribution in [0.15, 0.2) is 59.5 Å². The lowest BCUT2D eigenvalue weighted by molar-refractivity contribution is -0.130. The van der Waals surface area contributed by atoms with Crippen LogP contribution in [0.4, 0.5) is 0 Å². The molecule has 0 saturated carbocycles. The van der Waals surface area contributed by atoms with E-state index in [1.54, 1.807) is 11.8 Å². The number of hydrogen-bond donors (Lipinski definition) is 0. The fraction of sp³-hybridized carbons (Fsp3) is 0.316. The molecule has 0 fully saturated rings. The van der Waals surface area contributed by atoms with E-state index in [1.807, 2.05) is 35.2 Å². The summed E-state index contributed by atoms with van der Waals surface area (Å²) in [5.74, 6) is 0.669. The molecule has 22 heavy (non-hydrogen) atoms. The maximum atomic E-state index is 12.6. The molecule has 0 aliphatic carbocycles. The highest BCUT2D eigenvalue weighted by atomic mass is 32.2. The van der Waals surface area contributed by atoms with Crippen LogP contribution in [-0.2, 0) is 11.3 Å². The highest BCUT2D eigenvalue weighted by Crippen LogP contribution is 2.22. The first-order valence-electron chi connectivity index (χ1n) is 7.59. The van der Waals surface area contributed by atoms with Gasteiger partial charge in [-0.15, -0.1) is 11.8 Å². The normalized spacial score (nSPS) is 10.7. The van der Waals surface area contributed by atoms with Gasteiger partial charge in [-0.05, 0) is 38.0 Å². The van der Waals surface area contributed by atoms with E-state index in [9.17, 15) is 4.79 Å². The number of hydrogen-bond acceptors (Lipinski definition) is 2. The van der Waals surface area contributed by atoms with E-state index >= 15 is 0 Å². The number of carbonyl (C=O) groups is 1. The van der Waals surface area contributed by atoms with Crippen molar-refractivity contribution in [2.75, 3.05) is 5.75 Å². The van der Waals surface area contributed by atoms with Gasteiger partial charge < -0.3 is 4.90 Å². The summed E-state index contributed by atoms with van der Waals surface area (Å²) in [5, 5.41) is 0. The Bertz CT molecular complexity index is 610. The molecule has 116 valence electrons. The van der Waals surface area contributed by atoms with Gasteiger partial charge in [0.2, 0.25) is 5.91 Å². The van der Waals surface area contributed by atoms with Gasteiger partial charge in [0.25, 0.3) is 0 Å². The predicted molar refractivity (Wildman–Crippen MR) is 94.0 cm³/mol. The summed E-state index contributed by atoms with van der Waals surface area (Å²) in [5.41, 5.74) is 2.39. The van der Waals surface area contributed by atoms with Crippen LogP contribution in [0.5, 0.6) is 0 Å². The molecule has 1 amide bonds. The average molecular weight is 313 g/mol. The van der Waals surface area contributed by atoms with Crippen molar-refractivity contribution >= 4 is 17.7 Å². The molecule has 0 radical (unpaired) electrons. The second-order valence-electron chi connectivity index (χ2n) is 5.66. The zero-order chi connectivity index (χ0) is 15.9. The largest absolute Gasteiger partial charge is 0.335 e. The fourth-order valence-corrected chi connectivity index (χ4v) is 3.19. The standard InChI is InChI=1S/C19H23NOS/c1-15(2)20(13-17-10-5-4-6-11-17)19(21)14-22-18-12-8-7-9-16(18)3/h4-12,15H,13-14H2,1-3H3. The van der Waals surface area contributed by atoms with Gasteiger partial charge in [-0.2, -0.15) is 0 Å². The second kappa shape index (κ2) is 8.04. The van der Waals surface area contributed by atoms with Gasteiger partial charge >= 0.3 is 0 Å². The van der Waals surface area contributed by atoms with Crippen LogP contribution in [0, 0.1) is 6.92 Å². The van der Waals surface area contributed by atoms with Gasteiger partial charge in [-0.1, -0.05) is 48.5 Å². The summed E-state index contributed by atoms with van der Waals surface area (Å²) in [7, 11) is 0. The topological polar surface area (TPSA) is 20.3 Å².